The number of alkyl carbamates (subject to hydrolysis) is 1. The van der Waals surface area contributed by atoms with E-state index in [1.54, 1.807) is 24.3 Å². The van der Waals surface area contributed by atoms with Crippen LogP contribution < -0.4 is 70.9 Å². The standard InChI is InChI=1S/C31H42N2O14S2.K/c1-20(2)16-33(48(36,37)23-8-9-27-28(15-23)45-19-44-27)17-26(34)25(32-31(35)47-29-18-43-30-24(29)10-13-42-30)14-21-4-6-22(7-5-21)41-11-3-12-46-49(38,39)40;/h4-9,15,20,24-26,29-30,34H,3,10-14,16-19H2,1-2H3,(H,32,35)(H,38,39,40);/q;+1/p-1. The molecule has 3 aliphatic rings. The number of aliphatic hydroxyl groups is 1. The van der Waals surface area contributed by atoms with Gasteiger partial charge in [0, 0.05) is 25.6 Å². The van der Waals surface area contributed by atoms with Crippen LogP contribution in [-0.2, 0) is 45.2 Å². The average Bonchev–Trinajstić information content (AvgIpc) is 3.79. The van der Waals surface area contributed by atoms with Gasteiger partial charge in [0.05, 0.1) is 49.4 Å². The van der Waals surface area contributed by atoms with Gasteiger partial charge in [0.1, 0.15) is 11.9 Å². The van der Waals surface area contributed by atoms with Crippen LogP contribution in [0.25, 0.3) is 0 Å². The van der Waals surface area contributed by atoms with E-state index in [0.717, 1.165) is 0 Å². The SMILES string of the molecule is CC(C)CN(CC(O)C(Cc1ccc(OCCCOS(=O)(=O)[O-])cc1)NC(=O)OC1COC2OCCC12)S(=O)(=O)c1ccc2c(c1)OCO2.[K+]. The molecule has 3 aliphatic heterocycles. The molecule has 19 heteroatoms. The smallest absolute Gasteiger partial charge is 0.726 e. The van der Waals surface area contributed by atoms with Gasteiger partial charge in [0.2, 0.25) is 27.2 Å². The molecule has 16 nitrogen and oxygen atoms in total. The van der Waals surface area contributed by atoms with E-state index in [4.69, 9.17) is 28.4 Å². The van der Waals surface area contributed by atoms with Crippen LogP contribution in [0.4, 0.5) is 4.79 Å². The van der Waals surface area contributed by atoms with Gasteiger partial charge >= 0.3 is 57.5 Å². The number of carbonyl (C=O) groups is 1. The van der Waals surface area contributed by atoms with E-state index >= 15 is 0 Å². The Balaban J connectivity index is 0.00000562. The van der Waals surface area contributed by atoms with Gasteiger partial charge in [0.25, 0.3) is 0 Å². The van der Waals surface area contributed by atoms with Crippen LogP contribution in [0, 0.1) is 11.8 Å². The number of hydrogen-bond acceptors (Lipinski definition) is 14. The van der Waals surface area contributed by atoms with Gasteiger partial charge in [-0.25, -0.2) is 21.6 Å². The van der Waals surface area contributed by atoms with Crippen molar-refractivity contribution in [1.29, 1.82) is 0 Å². The number of aliphatic hydroxyl groups excluding tert-OH is 1. The number of nitrogens with one attached hydrogen (secondary N) is 1. The molecule has 0 aliphatic carbocycles. The molecule has 0 bridgehead atoms. The molecule has 0 aromatic heterocycles. The molecule has 2 aromatic rings. The van der Waals surface area contributed by atoms with Gasteiger partial charge < -0.3 is 43.4 Å². The second-order valence-electron chi connectivity index (χ2n) is 12.3. The molecule has 3 heterocycles. The summed E-state index contributed by atoms with van der Waals surface area (Å²) < 4.78 is 97.8. The van der Waals surface area contributed by atoms with Crippen LogP contribution in [0.5, 0.6) is 17.2 Å². The minimum atomic E-state index is -4.77. The quantitative estimate of drug-likeness (QED) is 0.0837. The van der Waals surface area contributed by atoms with Crippen molar-refractivity contribution in [3.05, 3.63) is 48.0 Å². The predicted octanol–water partition coefficient (Wildman–Crippen LogP) is -1.23. The zero-order chi connectivity index (χ0) is 35.2. The molecule has 5 unspecified atom stereocenters. The van der Waals surface area contributed by atoms with Crippen LogP contribution in [0.15, 0.2) is 47.4 Å². The predicted molar refractivity (Wildman–Crippen MR) is 169 cm³/mol. The first-order valence-electron chi connectivity index (χ1n) is 15.9. The third kappa shape index (κ3) is 11.5. The van der Waals surface area contributed by atoms with Crippen molar-refractivity contribution < 1.29 is 115 Å². The fraction of sp³-hybridized carbons (Fsp3) is 0.581. The zero-order valence-corrected chi connectivity index (χ0v) is 32.9. The number of amides is 1. The molecule has 2 saturated heterocycles. The van der Waals surface area contributed by atoms with Gasteiger partial charge in [0.15, 0.2) is 17.8 Å². The van der Waals surface area contributed by atoms with E-state index in [9.17, 15) is 31.3 Å². The number of ether oxygens (including phenoxy) is 6. The molecule has 0 saturated carbocycles. The summed E-state index contributed by atoms with van der Waals surface area (Å²) in [5.41, 5.74) is 0.681. The monoisotopic (exact) mass is 768 g/mol. The van der Waals surface area contributed by atoms with Crippen molar-refractivity contribution >= 4 is 26.5 Å². The van der Waals surface area contributed by atoms with Crippen molar-refractivity contribution in [3.63, 3.8) is 0 Å². The third-order valence-electron chi connectivity index (χ3n) is 8.12. The maximum absolute atomic E-state index is 13.9. The van der Waals surface area contributed by atoms with Crippen LogP contribution >= 0.6 is 0 Å². The van der Waals surface area contributed by atoms with Crippen LogP contribution in [0.3, 0.4) is 0 Å². The van der Waals surface area contributed by atoms with Crippen molar-refractivity contribution in [2.75, 3.05) is 46.3 Å². The van der Waals surface area contributed by atoms with Crippen LogP contribution in [0.1, 0.15) is 32.3 Å². The Labute approximate surface area is 334 Å². The second-order valence-corrected chi connectivity index (χ2v) is 15.3. The van der Waals surface area contributed by atoms with Gasteiger partial charge in [-0.05, 0) is 48.6 Å². The van der Waals surface area contributed by atoms with E-state index in [1.807, 2.05) is 13.8 Å². The molecule has 5 rings (SSSR count). The van der Waals surface area contributed by atoms with Crippen LogP contribution in [0.2, 0.25) is 0 Å². The number of nitrogens with zero attached hydrogens (tertiary/aromatic N) is 1. The zero-order valence-electron chi connectivity index (χ0n) is 28.1. The second kappa shape index (κ2) is 18.4. The molecule has 2 N–H and O–H groups in total. The Morgan fingerprint density at radius 1 is 1.04 bits per heavy atom. The Bertz CT molecular complexity index is 1640. The molecule has 2 aromatic carbocycles. The van der Waals surface area contributed by atoms with E-state index in [1.165, 1.54) is 22.5 Å². The maximum atomic E-state index is 13.9. The van der Waals surface area contributed by atoms with Crippen molar-refractivity contribution in [2.24, 2.45) is 11.8 Å². The molecular weight excluding hydrogens is 728 g/mol. The van der Waals surface area contributed by atoms with Crippen molar-refractivity contribution in [1.82, 2.24) is 9.62 Å². The Morgan fingerprint density at radius 3 is 2.50 bits per heavy atom. The molecular formula is C31H41KN2O14S2. The summed E-state index contributed by atoms with van der Waals surface area (Å²) in [4.78, 5) is 13.2. The maximum Gasteiger partial charge on any atom is 1.00 e. The summed E-state index contributed by atoms with van der Waals surface area (Å²) in [6, 6.07) is 10.1. The summed E-state index contributed by atoms with van der Waals surface area (Å²) in [5, 5.41) is 14.3. The Hall–Kier alpha value is -1.59. The summed E-state index contributed by atoms with van der Waals surface area (Å²) in [5.74, 6) is 0.980. The number of sulfonamides is 1. The number of benzene rings is 2. The number of rotatable bonds is 17. The first-order valence-corrected chi connectivity index (χ1v) is 18.7. The number of fused-ring (bicyclic) bond motifs is 2. The largest absolute Gasteiger partial charge is 1.00 e. The molecule has 50 heavy (non-hydrogen) atoms. The minimum Gasteiger partial charge on any atom is -0.726 e. The van der Waals surface area contributed by atoms with Crippen LogP contribution in [-0.4, -0.2) is 108 Å². The molecule has 1 amide bonds. The molecule has 2 fully saturated rings. The fourth-order valence-corrected chi connectivity index (χ4v) is 7.70. The average molecular weight is 769 g/mol. The van der Waals surface area contributed by atoms with Gasteiger partial charge in [-0.1, -0.05) is 26.0 Å². The summed E-state index contributed by atoms with van der Waals surface area (Å²) in [7, 11) is -8.89. The Morgan fingerprint density at radius 2 is 1.78 bits per heavy atom. The van der Waals surface area contributed by atoms with Gasteiger partial charge in [-0.3, -0.25) is 4.18 Å². The molecule has 0 spiro atoms. The molecule has 0 radical (unpaired) electrons. The summed E-state index contributed by atoms with van der Waals surface area (Å²) >= 11 is 0. The first-order chi connectivity index (χ1) is 23.3. The summed E-state index contributed by atoms with van der Waals surface area (Å²) in [6.07, 6.45) is -2.20. The van der Waals surface area contributed by atoms with Crippen molar-refractivity contribution in [2.45, 2.75) is 62.5 Å². The van der Waals surface area contributed by atoms with Crippen molar-refractivity contribution in [3.8, 4) is 17.2 Å². The van der Waals surface area contributed by atoms with E-state index < -0.39 is 51.1 Å². The summed E-state index contributed by atoms with van der Waals surface area (Å²) in [6.45, 7) is 3.88. The van der Waals surface area contributed by atoms with Gasteiger partial charge in [-0.15, -0.1) is 0 Å². The topological polar surface area (TPSA) is 209 Å². The fourth-order valence-electron chi connectivity index (χ4n) is 5.74. The van der Waals surface area contributed by atoms with E-state index in [0.29, 0.717) is 35.8 Å². The van der Waals surface area contributed by atoms with Gasteiger partial charge in [-0.2, -0.15) is 4.31 Å². The van der Waals surface area contributed by atoms with E-state index in [2.05, 4.69) is 9.50 Å². The molecule has 272 valence electrons. The van der Waals surface area contributed by atoms with E-state index in [-0.39, 0.29) is 121 Å². The Kier molecular flexibility index (Phi) is 15.2. The third-order valence-corrected chi connectivity index (χ3v) is 10.4. The molecule has 5 atom stereocenters. The minimum absolute atomic E-state index is 0. The number of hydrogen-bond donors (Lipinski definition) is 2. The number of carbonyl (C=O) groups excluding carboxylic acids is 1. The first kappa shape index (κ1) is 41.2. The normalized spacial score (nSPS) is 21.0.